The van der Waals surface area contributed by atoms with Crippen LogP contribution in [-0.2, 0) is 0 Å². The lowest BCUT2D eigenvalue weighted by molar-refractivity contribution is 0.102. The maximum atomic E-state index is 12.0. The Hall–Kier alpha value is -2.09. The molecule has 20 heavy (non-hydrogen) atoms. The lowest BCUT2D eigenvalue weighted by Crippen LogP contribution is -2.19. The molecule has 0 radical (unpaired) electrons. The number of carbonyl (C=O) groups is 2. The highest BCUT2D eigenvalue weighted by atomic mass is 127. The van der Waals surface area contributed by atoms with E-state index in [-0.39, 0.29) is 5.91 Å². The fourth-order valence-electron chi connectivity index (χ4n) is 1.62. The van der Waals surface area contributed by atoms with Gasteiger partial charge in [0.1, 0.15) is 0 Å². The van der Waals surface area contributed by atoms with Crippen LogP contribution in [0.15, 0.2) is 48.5 Å². The SMILES string of the molecule is NC(=O)Nc1ccc(C(=O)Nc2cccc(I)c2)cc1. The lowest BCUT2D eigenvalue weighted by Gasteiger charge is -2.07. The molecule has 102 valence electrons. The summed E-state index contributed by atoms with van der Waals surface area (Å²) >= 11 is 2.18. The Morgan fingerprint density at radius 3 is 2.25 bits per heavy atom. The Labute approximate surface area is 129 Å². The lowest BCUT2D eigenvalue weighted by atomic mass is 10.2. The van der Waals surface area contributed by atoms with Crippen molar-refractivity contribution < 1.29 is 9.59 Å². The number of rotatable bonds is 3. The molecule has 0 aromatic heterocycles. The second-order valence-corrected chi connectivity index (χ2v) is 5.28. The van der Waals surface area contributed by atoms with Crippen LogP contribution in [0.1, 0.15) is 10.4 Å². The minimum Gasteiger partial charge on any atom is -0.351 e. The van der Waals surface area contributed by atoms with Crippen LogP contribution < -0.4 is 16.4 Å². The molecule has 5 nitrogen and oxygen atoms in total. The number of primary amides is 1. The molecule has 0 saturated carbocycles. The van der Waals surface area contributed by atoms with E-state index >= 15 is 0 Å². The molecule has 4 N–H and O–H groups in total. The molecular formula is C14H12IN3O2. The van der Waals surface area contributed by atoms with Gasteiger partial charge in [0, 0.05) is 20.5 Å². The molecule has 6 heteroatoms. The van der Waals surface area contributed by atoms with Gasteiger partial charge in [0.15, 0.2) is 0 Å². The number of nitrogens with two attached hydrogens (primary N) is 1. The second kappa shape index (κ2) is 6.38. The Morgan fingerprint density at radius 1 is 0.950 bits per heavy atom. The molecule has 0 saturated heterocycles. The van der Waals surface area contributed by atoms with E-state index in [2.05, 4.69) is 33.2 Å². The zero-order chi connectivity index (χ0) is 14.5. The highest BCUT2D eigenvalue weighted by Gasteiger charge is 2.06. The Balaban J connectivity index is 2.07. The van der Waals surface area contributed by atoms with E-state index in [1.54, 1.807) is 24.3 Å². The van der Waals surface area contributed by atoms with E-state index in [4.69, 9.17) is 5.73 Å². The fraction of sp³-hybridized carbons (Fsp3) is 0. The molecule has 3 amide bonds. The average molecular weight is 381 g/mol. The van der Waals surface area contributed by atoms with Crippen LogP contribution >= 0.6 is 22.6 Å². The van der Waals surface area contributed by atoms with Crippen molar-refractivity contribution in [1.29, 1.82) is 0 Å². The second-order valence-electron chi connectivity index (χ2n) is 4.03. The standard InChI is InChI=1S/C14H12IN3O2/c15-10-2-1-3-12(8-10)17-13(19)9-4-6-11(7-5-9)18-14(16)20/h1-8H,(H,17,19)(H3,16,18,20). The third-order valence-electron chi connectivity index (χ3n) is 2.50. The zero-order valence-corrected chi connectivity index (χ0v) is 12.5. The summed E-state index contributed by atoms with van der Waals surface area (Å²) in [6.45, 7) is 0. The summed E-state index contributed by atoms with van der Waals surface area (Å²) < 4.78 is 1.04. The van der Waals surface area contributed by atoms with Gasteiger partial charge in [-0.1, -0.05) is 6.07 Å². The molecule has 0 aliphatic rings. The summed E-state index contributed by atoms with van der Waals surface area (Å²) in [4.78, 5) is 22.7. The molecule has 0 fully saturated rings. The number of hydrogen-bond acceptors (Lipinski definition) is 2. The van der Waals surface area contributed by atoms with Crippen molar-refractivity contribution in [1.82, 2.24) is 0 Å². The maximum absolute atomic E-state index is 12.0. The van der Waals surface area contributed by atoms with Gasteiger partial charge in [0.05, 0.1) is 0 Å². The van der Waals surface area contributed by atoms with E-state index in [0.717, 1.165) is 9.26 Å². The smallest absolute Gasteiger partial charge is 0.316 e. The fourth-order valence-corrected chi connectivity index (χ4v) is 2.16. The Kier molecular flexibility index (Phi) is 4.57. The van der Waals surface area contributed by atoms with Crippen LogP contribution in [0.3, 0.4) is 0 Å². The molecule has 0 aliphatic heterocycles. The summed E-state index contributed by atoms with van der Waals surface area (Å²) in [5.41, 5.74) is 6.79. The van der Waals surface area contributed by atoms with Crippen molar-refractivity contribution in [2.45, 2.75) is 0 Å². The molecular weight excluding hydrogens is 369 g/mol. The topological polar surface area (TPSA) is 84.2 Å². The van der Waals surface area contributed by atoms with Crippen LogP contribution in [-0.4, -0.2) is 11.9 Å². The van der Waals surface area contributed by atoms with Gasteiger partial charge in [-0.25, -0.2) is 4.79 Å². The average Bonchev–Trinajstić information content (AvgIpc) is 2.38. The summed E-state index contributed by atoms with van der Waals surface area (Å²) in [5, 5.41) is 5.24. The Bertz CT molecular complexity index is 641. The van der Waals surface area contributed by atoms with Crippen LogP contribution in [0.2, 0.25) is 0 Å². The van der Waals surface area contributed by atoms with Gasteiger partial charge in [0.25, 0.3) is 5.91 Å². The molecule has 0 spiro atoms. The number of amides is 3. The summed E-state index contributed by atoms with van der Waals surface area (Å²) in [6, 6.07) is 13.4. The van der Waals surface area contributed by atoms with Gasteiger partial charge in [0.2, 0.25) is 0 Å². The highest BCUT2D eigenvalue weighted by molar-refractivity contribution is 14.1. The Morgan fingerprint density at radius 2 is 1.65 bits per heavy atom. The molecule has 0 unspecified atom stereocenters. The van der Waals surface area contributed by atoms with E-state index in [9.17, 15) is 9.59 Å². The molecule has 2 aromatic rings. The number of halogens is 1. The minimum absolute atomic E-state index is 0.211. The van der Waals surface area contributed by atoms with Crippen molar-refractivity contribution in [3.05, 3.63) is 57.7 Å². The van der Waals surface area contributed by atoms with Crippen LogP contribution in [0.4, 0.5) is 16.2 Å². The third-order valence-corrected chi connectivity index (χ3v) is 3.17. The number of urea groups is 1. The van der Waals surface area contributed by atoms with Gasteiger partial charge < -0.3 is 16.4 Å². The molecule has 0 heterocycles. The minimum atomic E-state index is -0.638. The summed E-state index contributed by atoms with van der Waals surface area (Å²) in [7, 11) is 0. The van der Waals surface area contributed by atoms with E-state index in [1.807, 2.05) is 24.3 Å². The first-order valence-corrected chi connectivity index (χ1v) is 6.86. The van der Waals surface area contributed by atoms with Crippen LogP contribution in [0.5, 0.6) is 0 Å². The van der Waals surface area contributed by atoms with Crippen molar-refractivity contribution in [2.75, 3.05) is 10.6 Å². The van der Waals surface area contributed by atoms with Crippen molar-refractivity contribution in [3.8, 4) is 0 Å². The number of benzene rings is 2. The predicted molar refractivity (Wildman–Crippen MR) is 86.8 cm³/mol. The highest BCUT2D eigenvalue weighted by Crippen LogP contribution is 2.15. The number of hydrogen-bond donors (Lipinski definition) is 3. The number of carbonyl (C=O) groups excluding carboxylic acids is 2. The number of nitrogens with one attached hydrogen (secondary N) is 2. The van der Waals surface area contributed by atoms with Gasteiger partial charge >= 0.3 is 6.03 Å². The molecule has 2 rings (SSSR count). The monoisotopic (exact) mass is 381 g/mol. The largest absolute Gasteiger partial charge is 0.351 e. The predicted octanol–water partition coefficient (Wildman–Crippen LogP) is 3.03. The van der Waals surface area contributed by atoms with Crippen molar-refractivity contribution in [2.24, 2.45) is 5.73 Å². The van der Waals surface area contributed by atoms with Crippen molar-refractivity contribution >= 4 is 45.9 Å². The van der Waals surface area contributed by atoms with Crippen molar-refractivity contribution in [3.63, 3.8) is 0 Å². The van der Waals surface area contributed by atoms with E-state index in [0.29, 0.717) is 11.3 Å². The molecule has 0 aliphatic carbocycles. The van der Waals surface area contributed by atoms with Gasteiger partial charge in [-0.3, -0.25) is 4.79 Å². The first-order chi connectivity index (χ1) is 9.54. The third kappa shape index (κ3) is 3.95. The quantitative estimate of drug-likeness (QED) is 0.715. The van der Waals surface area contributed by atoms with E-state index < -0.39 is 6.03 Å². The van der Waals surface area contributed by atoms with Crippen LogP contribution in [0, 0.1) is 3.57 Å². The van der Waals surface area contributed by atoms with Crippen LogP contribution in [0.25, 0.3) is 0 Å². The first kappa shape index (κ1) is 14.3. The summed E-state index contributed by atoms with van der Waals surface area (Å²) in [6.07, 6.45) is 0. The zero-order valence-electron chi connectivity index (χ0n) is 10.4. The summed E-state index contributed by atoms with van der Waals surface area (Å²) in [5.74, 6) is -0.211. The molecule has 2 aromatic carbocycles. The molecule has 0 bridgehead atoms. The normalized spacial score (nSPS) is 9.85. The van der Waals surface area contributed by atoms with E-state index in [1.165, 1.54) is 0 Å². The number of anilines is 2. The van der Waals surface area contributed by atoms with Gasteiger partial charge in [-0.2, -0.15) is 0 Å². The van der Waals surface area contributed by atoms with Gasteiger partial charge in [-0.05, 0) is 65.1 Å². The van der Waals surface area contributed by atoms with Gasteiger partial charge in [-0.15, -0.1) is 0 Å². The molecule has 0 atom stereocenters. The maximum Gasteiger partial charge on any atom is 0.316 e. The first-order valence-electron chi connectivity index (χ1n) is 5.78.